The Kier molecular flexibility index (Phi) is 6.37. The van der Waals surface area contributed by atoms with E-state index < -0.39 is 5.97 Å². The third-order valence-electron chi connectivity index (χ3n) is 3.57. The number of esters is 1. The summed E-state index contributed by atoms with van der Waals surface area (Å²) >= 11 is 0. The first-order chi connectivity index (χ1) is 11.6. The number of benzene rings is 2. The Labute approximate surface area is 141 Å². The highest BCUT2D eigenvalue weighted by Gasteiger charge is 2.17. The number of phenolic OH excluding ortho intramolecular Hbond substituents is 1. The summed E-state index contributed by atoms with van der Waals surface area (Å²) in [7, 11) is 0. The summed E-state index contributed by atoms with van der Waals surface area (Å²) in [6.07, 6.45) is 1.71. The van der Waals surface area contributed by atoms with Crippen LogP contribution in [-0.2, 0) is 9.53 Å². The van der Waals surface area contributed by atoms with Gasteiger partial charge in [0, 0.05) is 0 Å². The molecule has 2 aromatic rings. The van der Waals surface area contributed by atoms with Crippen LogP contribution in [0, 0.1) is 0 Å². The van der Waals surface area contributed by atoms with E-state index in [0.717, 1.165) is 18.4 Å². The molecule has 0 aromatic heterocycles. The first-order valence-electron chi connectivity index (χ1n) is 7.91. The Morgan fingerprint density at radius 1 is 1.08 bits per heavy atom. The van der Waals surface area contributed by atoms with Gasteiger partial charge < -0.3 is 15.2 Å². The number of ether oxygens (including phenoxy) is 1. The molecule has 24 heavy (non-hydrogen) atoms. The van der Waals surface area contributed by atoms with Gasteiger partial charge in [0.1, 0.15) is 11.3 Å². The molecule has 0 spiro atoms. The predicted molar refractivity (Wildman–Crippen MR) is 90.6 cm³/mol. The fourth-order valence-electron chi connectivity index (χ4n) is 2.39. The van der Waals surface area contributed by atoms with E-state index in [4.69, 9.17) is 4.74 Å². The number of para-hydroxylation sites is 1. The van der Waals surface area contributed by atoms with E-state index in [1.54, 1.807) is 12.1 Å². The molecule has 0 aliphatic heterocycles. The van der Waals surface area contributed by atoms with Gasteiger partial charge in [-0.1, -0.05) is 55.8 Å². The Morgan fingerprint density at radius 3 is 2.42 bits per heavy atom. The van der Waals surface area contributed by atoms with E-state index in [1.807, 2.05) is 37.3 Å². The van der Waals surface area contributed by atoms with Crippen molar-refractivity contribution in [2.24, 2.45) is 0 Å². The molecule has 0 fully saturated rings. The van der Waals surface area contributed by atoms with Crippen molar-refractivity contribution < 1.29 is 19.4 Å². The summed E-state index contributed by atoms with van der Waals surface area (Å²) in [5.74, 6) is -1.27. The van der Waals surface area contributed by atoms with Crippen LogP contribution in [0.25, 0.3) is 0 Å². The minimum atomic E-state index is -0.727. The molecular weight excluding hydrogens is 306 g/mol. The van der Waals surface area contributed by atoms with Gasteiger partial charge in [0.05, 0.1) is 6.04 Å². The summed E-state index contributed by atoms with van der Waals surface area (Å²) < 4.78 is 4.97. The highest BCUT2D eigenvalue weighted by molar-refractivity contribution is 5.93. The zero-order chi connectivity index (χ0) is 17.4. The van der Waals surface area contributed by atoms with E-state index in [2.05, 4.69) is 5.32 Å². The number of hydrogen-bond donors (Lipinski definition) is 2. The number of nitrogens with one attached hydrogen (secondary N) is 1. The number of amides is 1. The van der Waals surface area contributed by atoms with Gasteiger partial charge in [-0.25, -0.2) is 4.79 Å². The maximum Gasteiger partial charge on any atom is 0.342 e. The van der Waals surface area contributed by atoms with Crippen LogP contribution in [0.2, 0.25) is 0 Å². The molecule has 0 heterocycles. The zero-order valence-electron chi connectivity index (χ0n) is 13.6. The molecule has 0 aliphatic carbocycles. The molecule has 5 nitrogen and oxygen atoms in total. The minimum Gasteiger partial charge on any atom is -0.507 e. The lowest BCUT2D eigenvalue weighted by atomic mass is 10.0. The summed E-state index contributed by atoms with van der Waals surface area (Å²) in [5.41, 5.74) is 1.05. The van der Waals surface area contributed by atoms with Crippen molar-refractivity contribution >= 4 is 11.9 Å². The Morgan fingerprint density at radius 2 is 1.75 bits per heavy atom. The molecule has 5 heteroatoms. The molecule has 1 amide bonds. The van der Waals surface area contributed by atoms with Crippen molar-refractivity contribution in [3.05, 3.63) is 65.7 Å². The Bertz CT molecular complexity index is 685. The van der Waals surface area contributed by atoms with E-state index >= 15 is 0 Å². The van der Waals surface area contributed by atoms with E-state index in [9.17, 15) is 14.7 Å². The van der Waals surface area contributed by atoms with Crippen LogP contribution in [0.15, 0.2) is 54.6 Å². The van der Waals surface area contributed by atoms with Crippen molar-refractivity contribution in [1.29, 1.82) is 0 Å². The van der Waals surface area contributed by atoms with Crippen LogP contribution < -0.4 is 5.32 Å². The number of carbonyl (C=O) groups is 2. The van der Waals surface area contributed by atoms with Gasteiger partial charge in [-0.3, -0.25) is 4.79 Å². The van der Waals surface area contributed by atoms with Crippen molar-refractivity contribution in [2.45, 2.75) is 25.8 Å². The Balaban J connectivity index is 1.92. The first-order valence-corrected chi connectivity index (χ1v) is 7.91. The van der Waals surface area contributed by atoms with Gasteiger partial charge >= 0.3 is 5.97 Å². The fourth-order valence-corrected chi connectivity index (χ4v) is 2.39. The minimum absolute atomic E-state index is 0.0402. The molecule has 0 aliphatic rings. The van der Waals surface area contributed by atoms with E-state index in [1.165, 1.54) is 12.1 Å². The van der Waals surface area contributed by atoms with Crippen molar-refractivity contribution in [1.82, 2.24) is 5.32 Å². The molecule has 0 saturated carbocycles. The van der Waals surface area contributed by atoms with Crippen molar-refractivity contribution in [2.75, 3.05) is 6.61 Å². The highest BCUT2D eigenvalue weighted by atomic mass is 16.5. The van der Waals surface area contributed by atoms with Crippen LogP contribution in [0.4, 0.5) is 0 Å². The second-order valence-corrected chi connectivity index (χ2v) is 5.41. The van der Waals surface area contributed by atoms with E-state index in [-0.39, 0.29) is 29.9 Å². The van der Waals surface area contributed by atoms with Crippen LogP contribution in [0.3, 0.4) is 0 Å². The molecular formula is C19H21NO4. The molecule has 2 aromatic carbocycles. The molecule has 0 bridgehead atoms. The SMILES string of the molecule is CCC[C@H](NC(=O)COC(=O)c1ccccc1O)c1ccccc1. The van der Waals surface area contributed by atoms with Crippen LogP contribution in [0.1, 0.15) is 41.7 Å². The maximum atomic E-state index is 12.1. The summed E-state index contributed by atoms with van der Waals surface area (Å²) in [4.78, 5) is 24.0. The van der Waals surface area contributed by atoms with Crippen molar-refractivity contribution in [3.8, 4) is 5.75 Å². The second kappa shape index (κ2) is 8.72. The second-order valence-electron chi connectivity index (χ2n) is 5.41. The number of aromatic hydroxyl groups is 1. The molecule has 2 rings (SSSR count). The lowest BCUT2D eigenvalue weighted by Crippen LogP contribution is -2.32. The maximum absolute atomic E-state index is 12.1. The topological polar surface area (TPSA) is 75.6 Å². The zero-order valence-corrected chi connectivity index (χ0v) is 13.6. The third-order valence-corrected chi connectivity index (χ3v) is 3.57. The first kappa shape index (κ1) is 17.5. The average Bonchev–Trinajstić information content (AvgIpc) is 2.60. The summed E-state index contributed by atoms with van der Waals surface area (Å²) in [6, 6.07) is 15.6. The van der Waals surface area contributed by atoms with Gasteiger partial charge in [0.25, 0.3) is 5.91 Å². The lowest BCUT2D eigenvalue weighted by Gasteiger charge is -2.18. The van der Waals surface area contributed by atoms with Crippen molar-refractivity contribution in [3.63, 3.8) is 0 Å². The number of phenols is 1. The van der Waals surface area contributed by atoms with Gasteiger partial charge in [-0.2, -0.15) is 0 Å². The van der Waals surface area contributed by atoms with E-state index in [0.29, 0.717) is 0 Å². The van der Waals surface area contributed by atoms with Crippen LogP contribution >= 0.6 is 0 Å². The molecule has 0 saturated heterocycles. The largest absolute Gasteiger partial charge is 0.507 e. The summed E-state index contributed by atoms with van der Waals surface area (Å²) in [5, 5.41) is 12.5. The highest BCUT2D eigenvalue weighted by Crippen LogP contribution is 2.18. The van der Waals surface area contributed by atoms with Gasteiger partial charge in [-0.05, 0) is 24.1 Å². The van der Waals surface area contributed by atoms with Gasteiger partial charge in [-0.15, -0.1) is 0 Å². The number of hydrogen-bond acceptors (Lipinski definition) is 4. The molecule has 0 unspecified atom stereocenters. The molecule has 0 radical (unpaired) electrons. The van der Waals surface area contributed by atoms with Crippen LogP contribution in [-0.4, -0.2) is 23.6 Å². The lowest BCUT2D eigenvalue weighted by molar-refractivity contribution is -0.125. The molecule has 2 N–H and O–H groups in total. The monoisotopic (exact) mass is 327 g/mol. The molecule has 1 atom stereocenters. The smallest absolute Gasteiger partial charge is 0.342 e. The summed E-state index contributed by atoms with van der Waals surface area (Å²) in [6.45, 7) is 1.65. The normalized spacial score (nSPS) is 11.5. The van der Waals surface area contributed by atoms with Gasteiger partial charge in [0.2, 0.25) is 0 Å². The Hall–Kier alpha value is -2.82. The quantitative estimate of drug-likeness (QED) is 0.766. The standard InChI is InChI=1S/C19H21NO4/c1-2-8-16(14-9-4-3-5-10-14)20-18(22)13-24-19(23)15-11-6-7-12-17(15)21/h3-7,9-12,16,21H,2,8,13H2,1H3,(H,20,22)/t16-/m0/s1. The number of carbonyl (C=O) groups excluding carboxylic acids is 2. The van der Waals surface area contributed by atoms with Gasteiger partial charge in [0.15, 0.2) is 6.61 Å². The number of rotatable bonds is 7. The third kappa shape index (κ3) is 4.84. The average molecular weight is 327 g/mol. The molecule has 126 valence electrons. The fraction of sp³-hybridized carbons (Fsp3) is 0.263. The van der Waals surface area contributed by atoms with Crippen LogP contribution in [0.5, 0.6) is 5.75 Å². The predicted octanol–water partition coefficient (Wildman–Crippen LogP) is 3.21.